The topological polar surface area (TPSA) is 42.2 Å². The minimum Gasteiger partial charge on any atom is -0.397 e. The predicted molar refractivity (Wildman–Crippen MR) is 86.1 cm³/mol. The van der Waals surface area contributed by atoms with E-state index in [4.69, 9.17) is 5.73 Å². The summed E-state index contributed by atoms with van der Waals surface area (Å²) in [6, 6.07) is 6.49. The highest BCUT2D eigenvalue weighted by Gasteiger charge is 2.09. The third-order valence-electron chi connectivity index (χ3n) is 3.79. The van der Waals surface area contributed by atoms with Crippen LogP contribution in [0.4, 0.5) is 11.5 Å². The van der Waals surface area contributed by atoms with Crippen LogP contribution in [0.15, 0.2) is 24.4 Å². The lowest BCUT2D eigenvalue weighted by atomic mass is 10.0. The smallest absolute Gasteiger partial charge is 0.131 e. The van der Waals surface area contributed by atoms with Crippen LogP contribution in [-0.2, 0) is 6.54 Å². The van der Waals surface area contributed by atoms with E-state index in [1.807, 2.05) is 13.0 Å². The number of benzene rings is 1. The molecule has 2 aromatic rings. The van der Waals surface area contributed by atoms with Crippen LogP contribution in [0, 0.1) is 27.7 Å². The van der Waals surface area contributed by atoms with Crippen molar-refractivity contribution in [2.24, 2.45) is 0 Å². The molecule has 20 heavy (non-hydrogen) atoms. The van der Waals surface area contributed by atoms with Crippen molar-refractivity contribution in [1.82, 2.24) is 4.98 Å². The van der Waals surface area contributed by atoms with Gasteiger partial charge in [0.1, 0.15) is 5.82 Å². The molecule has 1 aromatic carbocycles. The zero-order valence-corrected chi connectivity index (χ0v) is 13.0. The zero-order valence-electron chi connectivity index (χ0n) is 13.0. The van der Waals surface area contributed by atoms with Gasteiger partial charge in [-0.2, -0.15) is 0 Å². The fourth-order valence-electron chi connectivity index (χ4n) is 2.51. The van der Waals surface area contributed by atoms with Gasteiger partial charge in [-0.25, -0.2) is 4.98 Å². The Morgan fingerprint density at radius 1 is 0.950 bits per heavy atom. The van der Waals surface area contributed by atoms with E-state index in [0.717, 1.165) is 17.9 Å². The Bertz CT molecular complexity index is 632. The molecule has 3 nitrogen and oxygen atoms in total. The molecule has 0 aliphatic rings. The second kappa shape index (κ2) is 5.53. The molecular weight excluding hydrogens is 246 g/mol. The highest BCUT2D eigenvalue weighted by atomic mass is 15.2. The molecular formula is C17H23N3. The number of rotatable bonds is 3. The van der Waals surface area contributed by atoms with Crippen LogP contribution in [0.5, 0.6) is 0 Å². The van der Waals surface area contributed by atoms with Crippen molar-refractivity contribution in [3.05, 3.63) is 52.2 Å². The normalized spacial score (nSPS) is 10.7. The molecule has 0 aliphatic carbocycles. The summed E-state index contributed by atoms with van der Waals surface area (Å²) in [5.41, 5.74) is 12.9. The van der Waals surface area contributed by atoms with Gasteiger partial charge < -0.3 is 10.6 Å². The molecule has 0 spiro atoms. The van der Waals surface area contributed by atoms with E-state index in [1.165, 1.54) is 22.3 Å². The zero-order chi connectivity index (χ0) is 14.9. The molecule has 1 heterocycles. The summed E-state index contributed by atoms with van der Waals surface area (Å²) in [6.07, 6.45) is 1.71. The lowest BCUT2D eigenvalue weighted by Gasteiger charge is -2.22. The summed E-state index contributed by atoms with van der Waals surface area (Å²) in [4.78, 5) is 6.62. The average molecular weight is 269 g/mol. The second-order valence-corrected chi connectivity index (χ2v) is 5.63. The fourth-order valence-corrected chi connectivity index (χ4v) is 2.51. The van der Waals surface area contributed by atoms with Crippen LogP contribution in [0.25, 0.3) is 0 Å². The highest BCUT2D eigenvalue weighted by molar-refractivity contribution is 5.53. The van der Waals surface area contributed by atoms with E-state index in [-0.39, 0.29) is 0 Å². The van der Waals surface area contributed by atoms with E-state index in [1.54, 1.807) is 6.20 Å². The SMILES string of the molecule is Cc1cc(C)c(CN(C)c2ncc(N)cc2C)cc1C. The number of aromatic nitrogens is 1. The molecule has 106 valence electrons. The first-order valence-electron chi connectivity index (χ1n) is 6.88. The highest BCUT2D eigenvalue weighted by Crippen LogP contribution is 2.22. The maximum atomic E-state index is 5.76. The predicted octanol–water partition coefficient (Wildman–Crippen LogP) is 3.53. The van der Waals surface area contributed by atoms with E-state index >= 15 is 0 Å². The molecule has 0 unspecified atom stereocenters. The van der Waals surface area contributed by atoms with Gasteiger partial charge in [0, 0.05) is 13.6 Å². The van der Waals surface area contributed by atoms with Gasteiger partial charge in [-0.15, -0.1) is 0 Å². The quantitative estimate of drug-likeness (QED) is 0.926. The molecule has 2 rings (SSSR count). The first kappa shape index (κ1) is 14.4. The van der Waals surface area contributed by atoms with Crippen LogP contribution in [0.2, 0.25) is 0 Å². The number of nitrogens with two attached hydrogens (primary N) is 1. The molecule has 2 N–H and O–H groups in total. The lowest BCUT2D eigenvalue weighted by molar-refractivity contribution is 0.882. The maximum absolute atomic E-state index is 5.76. The van der Waals surface area contributed by atoms with Crippen LogP contribution < -0.4 is 10.6 Å². The van der Waals surface area contributed by atoms with Gasteiger partial charge in [-0.3, -0.25) is 0 Å². The number of hydrogen-bond acceptors (Lipinski definition) is 3. The molecule has 0 saturated carbocycles. The number of nitrogen functional groups attached to an aromatic ring is 1. The molecule has 0 aliphatic heterocycles. The van der Waals surface area contributed by atoms with Crippen molar-refractivity contribution >= 4 is 11.5 Å². The largest absolute Gasteiger partial charge is 0.397 e. The molecule has 0 radical (unpaired) electrons. The van der Waals surface area contributed by atoms with Gasteiger partial charge in [0.15, 0.2) is 0 Å². The van der Waals surface area contributed by atoms with E-state index in [0.29, 0.717) is 5.69 Å². The first-order valence-corrected chi connectivity index (χ1v) is 6.88. The van der Waals surface area contributed by atoms with Crippen molar-refractivity contribution in [1.29, 1.82) is 0 Å². The Kier molecular flexibility index (Phi) is 3.98. The summed E-state index contributed by atoms with van der Waals surface area (Å²) < 4.78 is 0. The Morgan fingerprint density at radius 2 is 1.60 bits per heavy atom. The van der Waals surface area contributed by atoms with Crippen LogP contribution in [0.1, 0.15) is 27.8 Å². The Morgan fingerprint density at radius 3 is 2.25 bits per heavy atom. The third kappa shape index (κ3) is 2.93. The van der Waals surface area contributed by atoms with Gasteiger partial charge in [0.25, 0.3) is 0 Å². The summed E-state index contributed by atoms with van der Waals surface area (Å²) in [5.74, 6) is 0.983. The standard InChI is InChI=1S/C17H23N3/c1-11-6-13(3)15(7-12(11)2)10-20(5)17-14(4)8-16(18)9-19-17/h6-9H,10,18H2,1-5H3. The summed E-state index contributed by atoms with van der Waals surface area (Å²) in [5, 5.41) is 0. The van der Waals surface area contributed by atoms with Gasteiger partial charge >= 0.3 is 0 Å². The lowest BCUT2D eigenvalue weighted by Crippen LogP contribution is -2.19. The Hall–Kier alpha value is -2.03. The maximum Gasteiger partial charge on any atom is 0.131 e. The van der Waals surface area contributed by atoms with Gasteiger partial charge in [0.2, 0.25) is 0 Å². The summed E-state index contributed by atoms with van der Waals surface area (Å²) >= 11 is 0. The molecule has 1 aromatic heterocycles. The molecule has 0 amide bonds. The van der Waals surface area contributed by atoms with Gasteiger partial charge in [-0.1, -0.05) is 12.1 Å². The average Bonchev–Trinajstić information content (AvgIpc) is 2.35. The van der Waals surface area contributed by atoms with Gasteiger partial charge in [-0.05, 0) is 61.6 Å². The fraction of sp³-hybridized carbons (Fsp3) is 0.353. The van der Waals surface area contributed by atoms with E-state index < -0.39 is 0 Å². The molecule has 0 saturated heterocycles. The van der Waals surface area contributed by atoms with Gasteiger partial charge in [0.05, 0.1) is 11.9 Å². The van der Waals surface area contributed by atoms with E-state index in [9.17, 15) is 0 Å². The Labute approximate surface area is 121 Å². The van der Waals surface area contributed by atoms with Crippen molar-refractivity contribution in [2.75, 3.05) is 17.7 Å². The number of pyridine rings is 1. The van der Waals surface area contributed by atoms with E-state index in [2.05, 4.69) is 49.8 Å². The molecule has 0 fully saturated rings. The number of nitrogens with zero attached hydrogens (tertiary/aromatic N) is 2. The summed E-state index contributed by atoms with van der Waals surface area (Å²) in [7, 11) is 2.07. The number of hydrogen-bond donors (Lipinski definition) is 1. The molecule has 0 bridgehead atoms. The van der Waals surface area contributed by atoms with Crippen LogP contribution in [-0.4, -0.2) is 12.0 Å². The third-order valence-corrected chi connectivity index (χ3v) is 3.79. The minimum absolute atomic E-state index is 0.710. The summed E-state index contributed by atoms with van der Waals surface area (Å²) in [6.45, 7) is 9.37. The number of aryl methyl sites for hydroxylation is 4. The number of anilines is 2. The Balaban J connectivity index is 2.27. The minimum atomic E-state index is 0.710. The van der Waals surface area contributed by atoms with Crippen molar-refractivity contribution in [3.8, 4) is 0 Å². The monoisotopic (exact) mass is 269 g/mol. The van der Waals surface area contributed by atoms with Crippen LogP contribution in [0.3, 0.4) is 0 Å². The second-order valence-electron chi connectivity index (χ2n) is 5.63. The molecule has 0 atom stereocenters. The van der Waals surface area contributed by atoms with Crippen molar-refractivity contribution < 1.29 is 0 Å². The van der Waals surface area contributed by atoms with Crippen molar-refractivity contribution in [2.45, 2.75) is 34.2 Å². The van der Waals surface area contributed by atoms with Crippen molar-refractivity contribution in [3.63, 3.8) is 0 Å². The first-order chi connectivity index (χ1) is 9.38. The van der Waals surface area contributed by atoms with Crippen LogP contribution >= 0.6 is 0 Å². The molecule has 3 heteroatoms.